The van der Waals surface area contributed by atoms with Crippen molar-refractivity contribution >= 4 is 58.2 Å². The van der Waals surface area contributed by atoms with Crippen LogP contribution in [-0.2, 0) is 10.5 Å². The Morgan fingerprint density at radius 2 is 1.96 bits per heavy atom. The van der Waals surface area contributed by atoms with Crippen molar-refractivity contribution in [1.82, 2.24) is 16.2 Å². The van der Waals surface area contributed by atoms with Crippen LogP contribution in [0.5, 0.6) is 0 Å². The van der Waals surface area contributed by atoms with Gasteiger partial charge in [0.15, 0.2) is 5.11 Å². The van der Waals surface area contributed by atoms with E-state index in [1.807, 2.05) is 0 Å². The van der Waals surface area contributed by atoms with E-state index >= 15 is 0 Å². The highest BCUT2D eigenvalue weighted by Gasteiger charge is 2.35. The first-order chi connectivity index (χ1) is 12.0. The number of hydrogen-bond acceptors (Lipinski definition) is 3. The second-order valence-corrected chi connectivity index (χ2v) is 8.43. The number of thioether (sulfide) groups is 1. The fraction of sp³-hybridized carbons (Fsp3) is 0.412. The Kier molecular flexibility index (Phi) is 6.49. The number of halogens is 2. The minimum atomic E-state index is -0.148. The van der Waals surface area contributed by atoms with Gasteiger partial charge in [-0.25, -0.2) is 0 Å². The largest absolute Gasteiger partial charge is 0.358 e. The van der Waals surface area contributed by atoms with Gasteiger partial charge in [0.1, 0.15) is 0 Å². The molecule has 1 saturated carbocycles. The summed E-state index contributed by atoms with van der Waals surface area (Å²) in [5, 5.41) is 4.96. The molecule has 1 fully saturated rings. The van der Waals surface area contributed by atoms with Crippen LogP contribution in [-0.4, -0.2) is 22.8 Å². The van der Waals surface area contributed by atoms with Crippen LogP contribution < -0.4 is 16.2 Å². The molecule has 3 N–H and O–H groups in total. The maximum Gasteiger partial charge on any atom is 0.248 e. The van der Waals surface area contributed by atoms with E-state index in [0.717, 1.165) is 12.0 Å². The van der Waals surface area contributed by atoms with Gasteiger partial charge in [-0.1, -0.05) is 41.4 Å². The lowest BCUT2D eigenvalue weighted by Crippen LogP contribution is -2.50. The van der Waals surface area contributed by atoms with Crippen LogP contribution in [0.2, 0.25) is 10.0 Å². The standard InChI is InChI=1S/C17H19Cl2N3OS2/c18-13-2-1-3-14(19)12(13)8-25-9-16(23)21-22-17(24)20-15-7-10-4-5-11(15)6-10/h1-5,10-11,15H,6-9H2,(H,21,23)(H2,20,22,24)/t10-,11-,15+/m1/s1. The van der Waals surface area contributed by atoms with E-state index in [2.05, 4.69) is 28.3 Å². The highest BCUT2D eigenvalue weighted by atomic mass is 35.5. The highest BCUT2D eigenvalue weighted by Crippen LogP contribution is 2.38. The lowest BCUT2D eigenvalue weighted by Gasteiger charge is -2.22. The zero-order valence-electron chi connectivity index (χ0n) is 13.4. The fourth-order valence-corrected chi connectivity index (χ4v) is 5.00. The summed E-state index contributed by atoms with van der Waals surface area (Å²) in [6.45, 7) is 0. The predicted molar refractivity (Wildman–Crippen MR) is 109 cm³/mol. The summed E-state index contributed by atoms with van der Waals surface area (Å²) in [6.07, 6.45) is 6.84. The normalized spacial score (nSPS) is 23.5. The lowest BCUT2D eigenvalue weighted by atomic mass is 10.0. The molecule has 2 aliphatic carbocycles. The molecule has 0 unspecified atom stereocenters. The van der Waals surface area contributed by atoms with Crippen molar-refractivity contribution in [3.63, 3.8) is 0 Å². The molecule has 0 aliphatic heterocycles. The first-order valence-corrected chi connectivity index (χ1v) is 10.4. The summed E-state index contributed by atoms with van der Waals surface area (Å²) in [5.41, 5.74) is 6.24. The fourth-order valence-electron chi connectivity index (χ4n) is 3.23. The summed E-state index contributed by atoms with van der Waals surface area (Å²) in [4.78, 5) is 11.9. The Hall–Kier alpha value is -0.950. The molecule has 0 saturated heterocycles. The molecule has 2 aliphatic rings. The van der Waals surface area contributed by atoms with Crippen LogP contribution in [0, 0.1) is 11.8 Å². The molecule has 1 aromatic carbocycles. The monoisotopic (exact) mass is 415 g/mol. The number of thiocarbonyl (C=S) groups is 1. The van der Waals surface area contributed by atoms with Crippen molar-refractivity contribution in [1.29, 1.82) is 0 Å². The third-order valence-electron chi connectivity index (χ3n) is 4.45. The lowest BCUT2D eigenvalue weighted by molar-refractivity contribution is -0.119. The smallest absolute Gasteiger partial charge is 0.248 e. The predicted octanol–water partition coefficient (Wildman–Crippen LogP) is 3.69. The Labute approximate surface area is 167 Å². The van der Waals surface area contributed by atoms with E-state index in [-0.39, 0.29) is 11.7 Å². The number of hydrogen-bond donors (Lipinski definition) is 3. The van der Waals surface area contributed by atoms with Gasteiger partial charge in [0.25, 0.3) is 0 Å². The Morgan fingerprint density at radius 3 is 2.60 bits per heavy atom. The van der Waals surface area contributed by atoms with E-state index in [1.165, 1.54) is 18.2 Å². The van der Waals surface area contributed by atoms with Gasteiger partial charge in [-0.3, -0.25) is 15.6 Å². The van der Waals surface area contributed by atoms with Gasteiger partial charge in [0, 0.05) is 21.8 Å². The summed E-state index contributed by atoms with van der Waals surface area (Å²) in [5.74, 6) is 1.94. The van der Waals surface area contributed by atoms with E-state index in [0.29, 0.717) is 38.8 Å². The van der Waals surface area contributed by atoms with E-state index < -0.39 is 0 Å². The number of fused-ring (bicyclic) bond motifs is 2. The summed E-state index contributed by atoms with van der Waals surface area (Å²) >= 11 is 18.9. The number of carbonyl (C=O) groups is 1. The van der Waals surface area contributed by atoms with Crippen LogP contribution >= 0.6 is 47.2 Å². The maximum atomic E-state index is 11.9. The SMILES string of the molecule is O=C(CSCc1c(Cl)cccc1Cl)NNC(=S)N[C@H]1C[C@@H]2C=C[C@@H]1C2. The number of amides is 1. The summed E-state index contributed by atoms with van der Waals surface area (Å²) in [6, 6.07) is 5.75. The first kappa shape index (κ1) is 18.8. The molecule has 25 heavy (non-hydrogen) atoms. The molecule has 134 valence electrons. The Morgan fingerprint density at radius 1 is 1.20 bits per heavy atom. The zero-order chi connectivity index (χ0) is 17.8. The van der Waals surface area contributed by atoms with E-state index in [4.69, 9.17) is 35.4 Å². The molecule has 1 aromatic rings. The third kappa shape index (κ3) is 5.03. The molecule has 0 radical (unpaired) electrons. The van der Waals surface area contributed by atoms with Gasteiger partial charge in [-0.2, -0.15) is 0 Å². The highest BCUT2D eigenvalue weighted by molar-refractivity contribution is 7.99. The molecule has 3 rings (SSSR count). The minimum Gasteiger partial charge on any atom is -0.358 e. The van der Waals surface area contributed by atoms with Gasteiger partial charge >= 0.3 is 0 Å². The number of hydrazine groups is 1. The van der Waals surface area contributed by atoms with Crippen LogP contribution in [0.15, 0.2) is 30.4 Å². The van der Waals surface area contributed by atoms with Crippen molar-refractivity contribution in [3.05, 3.63) is 46.0 Å². The Bertz CT molecular complexity index is 678. The van der Waals surface area contributed by atoms with E-state index in [9.17, 15) is 4.79 Å². The summed E-state index contributed by atoms with van der Waals surface area (Å²) < 4.78 is 0. The third-order valence-corrected chi connectivity index (χ3v) is 6.34. The molecule has 2 bridgehead atoms. The molecular weight excluding hydrogens is 397 g/mol. The maximum absolute atomic E-state index is 11.9. The molecule has 0 heterocycles. The molecule has 0 aromatic heterocycles. The average Bonchev–Trinajstić information content (AvgIpc) is 3.18. The van der Waals surface area contributed by atoms with E-state index in [1.54, 1.807) is 18.2 Å². The molecule has 0 spiro atoms. The van der Waals surface area contributed by atoms with Crippen LogP contribution in [0.25, 0.3) is 0 Å². The van der Waals surface area contributed by atoms with Crippen molar-refractivity contribution < 1.29 is 4.79 Å². The first-order valence-electron chi connectivity index (χ1n) is 8.07. The van der Waals surface area contributed by atoms with Crippen LogP contribution in [0.4, 0.5) is 0 Å². The van der Waals surface area contributed by atoms with Crippen molar-refractivity contribution in [2.75, 3.05) is 5.75 Å². The number of benzene rings is 1. The van der Waals surface area contributed by atoms with Crippen molar-refractivity contribution in [2.24, 2.45) is 11.8 Å². The molecule has 4 nitrogen and oxygen atoms in total. The topological polar surface area (TPSA) is 53.2 Å². The minimum absolute atomic E-state index is 0.148. The molecule has 1 amide bonds. The van der Waals surface area contributed by atoms with Crippen molar-refractivity contribution in [2.45, 2.75) is 24.6 Å². The van der Waals surface area contributed by atoms with Gasteiger partial charge in [0.2, 0.25) is 5.91 Å². The number of carbonyl (C=O) groups excluding carboxylic acids is 1. The summed E-state index contributed by atoms with van der Waals surface area (Å²) in [7, 11) is 0. The van der Waals surface area contributed by atoms with Gasteiger partial charge < -0.3 is 5.32 Å². The molecule has 8 heteroatoms. The second kappa shape index (κ2) is 8.62. The number of nitrogens with one attached hydrogen (secondary N) is 3. The zero-order valence-corrected chi connectivity index (χ0v) is 16.6. The van der Waals surface area contributed by atoms with Gasteiger partial charge in [-0.05, 0) is 54.6 Å². The average molecular weight is 416 g/mol. The quantitative estimate of drug-likeness (QED) is 0.388. The number of allylic oxidation sites excluding steroid dienone is 1. The second-order valence-electron chi connectivity index (χ2n) is 6.23. The van der Waals surface area contributed by atoms with Crippen molar-refractivity contribution in [3.8, 4) is 0 Å². The van der Waals surface area contributed by atoms with Crippen LogP contribution in [0.1, 0.15) is 18.4 Å². The van der Waals surface area contributed by atoms with Gasteiger partial charge in [0.05, 0.1) is 5.75 Å². The molecular formula is C17H19Cl2N3OS2. The Balaban J connectivity index is 1.34. The number of rotatable bonds is 5. The van der Waals surface area contributed by atoms with Gasteiger partial charge in [-0.15, -0.1) is 11.8 Å². The molecule has 3 atom stereocenters. The van der Waals surface area contributed by atoms with Crippen LogP contribution in [0.3, 0.4) is 0 Å².